The summed E-state index contributed by atoms with van der Waals surface area (Å²) < 4.78 is 11.4. The van der Waals surface area contributed by atoms with Crippen LogP contribution in [0.25, 0.3) is 0 Å². The number of carbonyl (C=O) groups is 1. The Balaban J connectivity index is 2.00. The lowest BCUT2D eigenvalue weighted by atomic mass is 9.99. The van der Waals surface area contributed by atoms with E-state index in [4.69, 9.17) is 14.6 Å². The topological polar surface area (TPSA) is 177 Å². The number of carboxylic acid groups (broad SMARTS) is 1. The first-order chi connectivity index (χ1) is 11.2. The van der Waals surface area contributed by atoms with Gasteiger partial charge in [0, 0.05) is 6.92 Å². The quantitative estimate of drug-likeness (QED) is 0.332. The third-order valence-corrected chi connectivity index (χ3v) is 3.63. The number of nitro groups is 1. The van der Waals surface area contributed by atoms with Gasteiger partial charge in [0.25, 0.3) is 0 Å². The van der Waals surface area contributed by atoms with Crippen molar-refractivity contribution in [1.29, 1.82) is 0 Å². The number of ether oxygens (including phenoxy) is 2. The second-order valence-corrected chi connectivity index (χ2v) is 5.18. The van der Waals surface area contributed by atoms with Gasteiger partial charge in [0.15, 0.2) is 18.2 Å². The summed E-state index contributed by atoms with van der Waals surface area (Å²) in [7, 11) is 0. The van der Waals surface area contributed by atoms with Gasteiger partial charge in [-0.2, -0.15) is 0 Å². The molecule has 0 bridgehead atoms. The maximum atomic E-state index is 11.0. The fourth-order valence-corrected chi connectivity index (χ4v) is 2.33. The van der Waals surface area contributed by atoms with Crippen molar-refractivity contribution in [1.82, 2.24) is 9.55 Å². The third-order valence-electron chi connectivity index (χ3n) is 3.63. The van der Waals surface area contributed by atoms with Gasteiger partial charge in [0.05, 0.1) is 6.61 Å². The zero-order chi connectivity index (χ0) is 18.0. The highest BCUT2D eigenvalue weighted by atomic mass is 16.7. The molecule has 5 atom stereocenters. The summed E-state index contributed by atoms with van der Waals surface area (Å²) >= 11 is 0. The van der Waals surface area contributed by atoms with Crippen LogP contribution in [0.1, 0.15) is 5.82 Å². The van der Waals surface area contributed by atoms with E-state index in [0.717, 1.165) is 6.20 Å². The van der Waals surface area contributed by atoms with Gasteiger partial charge >= 0.3 is 11.8 Å². The van der Waals surface area contributed by atoms with E-state index in [1.54, 1.807) is 6.92 Å². The third kappa shape index (κ3) is 3.52. The molecule has 0 radical (unpaired) electrons. The van der Waals surface area contributed by atoms with Crippen LogP contribution >= 0.6 is 0 Å². The average Bonchev–Trinajstić information content (AvgIpc) is 2.88. The van der Waals surface area contributed by atoms with Crippen LogP contribution < -0.4 is 0 Å². The number of aliphatic hydroxyl groups excluding tert-OH is 3. The number of nitrogens with zero attached hydrogens (tertiary/aromatic N) is 3. The van der Waals surface area contributed by atoms with Crippen LogP contribution in [0.15, 0.2) is 6.20 Å². The van der Waals surface area contributed by atoms with Crippen LogP contribution in [0.4, 0.5) is 5.82 Å². The molecule has 12 heteroatoms. The zero-order valence-electron chi connectivity index (χ0n) is 12.6. The van der Waals surface area contributed by atoms with E-state index in [9.17, 15) is 30.2 Å². The lowest BCUT2D eigenvalue weighted by molar-refractivity contribution is -0.392. The molecule has 0 aliphatic carbocycles. The lowest BCUT2D eigenvalue weighted by Gasteiger charge is -2.38. The van der Waals surface area contributed by atoms with Crippen LogP contribution in [0.3, 0.4) is 0 Å². The summed E-state index contributed by atoms with van der Waals surface area (Å²) in [6.45, 7) is 1.36. The molecule has 1 aliphatic rings. The predicted octanol–water partition coefficient (Wildman–Crippen LogP) is -1.99. The van der Waals surface area contributed by atoms with Gasteiger partial charge in [-0.25, -0.2) is 14.3 Å². The van der Waals surface area contributed by atoms with Gasteiger partial charge in [-0.15, -0.1) is 0 Å². The molecule has 2 rings (SSSR count). The van der Waals surface area contributed by atoms with Crippen molar-refractivity contribution in [3.05, 3.63) is 22.1 Å². The Kier molecular flexibility index (Phi) is 5.46. The number of aromatic nitrogens is 2. The summed E-state index contributed by atoms with van der Waals surface area (Å²) in [4.78, 5) is 25.0. The second-order valence-electron chi connectivity index (χ2n) is 5.18. The normalized spacial score (nSPS) is 30.2. The van der Waals surface area contributed by atoms with Gasteiger partial charge < -0.3 is 40.0 Å². The number of imidazole rings is 1. The van der Waals surface area contributed by atoms with Crippen LogP contribution in [0.2, 0.25) is 0 Å². The smallest absolute Gasteiger partial charge is 0.342 e. The van der Waals surface area contributed by atoms with Gasteiger partial charge in [-0.3, -0.25) is 0 Å². The number of hydrogen-bond donors (Lipinski definition) is 4. The Morgan fingerprint density at radius 3 is 2.67 bits per heavy atom. The highest BCUT2D eigenvalue weighted by molar-refractivity contribution is 5.73. The molecule has 4 N–H and O–H groups in total. The molecule has 1 aromatic heterocycles. The number of aliphatic carboxylic acids is 1. The Morgan fingerprint density at radius 2 is 2.08 bits per heavy atom. The first-order valence-electron chi connectivity index (χ1n) is 6.94. The highest BCUT2D eigenvalue weighted by Gasteiger charge is 2.47. The van der Waals surface area contributed by atoms with Crippen LogP contribution in [-0.4, -0.2) is 78.2 Å². The average molecular weight is 347 g/mol. The molecule has 24 heavy (non-hydrogen) atoms. The van der Waals surface area contributed by atoms with E-state index in [1.165, 1.54) is 4.57 Å². The van der Waals surface area contributed by atoms with Gasteiger partial charge in [0.1, 0.15) is 31.1 Å². The lowest BCUT2D eigenvalue weighted by Crippen LogP contribution is -2.60. The Labute approximate surface area is 135 Å². The Bertz CT molecular complexity index is 619. The largest absolute Gasteiger partial charge is 0.479 e. The first-order valence-corrected chi connectivity index (χ1v) is 6.94. The fourth-order valence-electron chi connectivity index (χ4n) is 2.33. The molecule has 0 aromatic carbocycles. The minimum Gasteiger partial charge on any atom is -0.479 e. The Hall–Kier alpha value is -2.12. The molecule has 12 nitrogen and oxygen atoms in total. The molecule has 1 aromatic rings. The number of hydrogen-bond acceptors (Lipinski definition) is 9. The van der Waals surface area contributed by atoms with Gasteiger partial charge in [-0.05, 0) is 4.92 Å². The summed E-state index contributed by atoms with van der Waals surface area (Å²) in [6, 6.07) is 0. The van der Waals surface area contributed by atoms with Gasteiger partial charge in [-0.1, -0.05) is 0 Å². The van der Waals surface area contributed by atoms with Crippen molar-refractivity contribution in [2.75, 3.05) is 6.61 Å². The molecule has 0 saturated carbocycles. The SMILES string of the molecule is Cc1ncc([N+](=O)[O-])n1CCO[C@H]1O[C@H](C(=O)O)[C@H](O)[C@H](O)[C@@H]1O. The van der Waals surface area contributed by atoms with Gasteiger partial charge in [0.2, 0.25) is 0 Å². The van der Waals surface area contributed by atoms with Crippen molar-refractivity contribution in [3.8, 4) is 0 Å². The number of rotatable bonds is 6. The van der Waals surface area contributed by atoms with Crippen molar-refractivity contribution in [2.24, 2.45) is 0 Å². The summed E-state index contributed by atoms with van der Waals surface area (Å²) in [5.74, 6) is -1.41. The molecule has 0 amide bonds. The predicted molar refractivity (Wildman–Crippen MR) is 73.9 cm³/mol. The van der Waals surface area contributed by atoms with E-state index < -0.39 is 41.6 Å². The van der Waals surface area contributed by atoms with Crippen molar-refractivity contribution >= 4 is 11.8 Å². The first kappa shape index (κ1) is 18.2. The van der Waals surface area contributed by atoms with Crippen LogP contribution in [-0.2, 0) is 20.8 Å². The maximum Gasteiger partial charge on any atom is 0.342 e. The summed E-state index contributed by atoms with van der Waals surface area (Å²) in [5.41, 5.74) is 0. The zero-order valence-corrected chi connectivity index (χ0v) is 12.6. The van der Waals surface area contributed by atoms with E-state index >= 15 is 0 Å². The molecule has 134 valence electrons. The highest BCUT2D eigenvalue weighted by Crippen LogP contribution is 2.22. The minimum absolute atomic E-state index is 0.00882. The Morgan fingerprint density at radius 1 is 1.42 bits per heavy atom. The monoisotopic (exact) mass is 347 g/mol. The second kappa shape index (κ2) is 7.19. The molecule has 0 spiro atoms. The molecule has 1 fully saturated rings. The number of aryl methyl sites for hydroxylation is 1. The van der Waals surface area contributed by atoms with Crippen LogP contribution in [0.5, 0.6) is 0 Å². The van der Waals surface area contributed by atoms with Crippen molar-refractivity contribution < 1.29 is 39.6 Å². The van der Waals surface area contributed by atoms with Crippen LogP contribution in [0, 0.1) is 17.0 Å². The number of aliphatic hydroxyl groups is 3. The summed E-state index contributed by atoms with van der Waals surface area (Å²) in [5, 5.41) is 48.8. The fraction of sp³-hybridized carbons (Fsp3) is 0.667. The van der Waals surface area contributed by atoms with E-state index in [0.29, 0.717) is 5.82 Å². The van der Waals surface area contributed by atoms with Crippen molar-refractivity contribution in [3.63, 3.8) is 0 Å². The maximum absolute atomic E-state index is 11.0. The number of carboxylic acids is 1. The van der Waals surface area contributed by atoms with Crippen molar-refractivity contribution in [2.45, 2.75) is 44.2 Å². The summed E-state index contributed by atoms with van der Waals surface area (Å²) in [6.07, 6.45) is -7.44. The molecule has 0 unspecified atom stereocenters. The van der Waals surface area contributed by atoms with E-state index in [2.05, 4.69) is 4.98 Å². The molecule has 1 saturated heterocycles. The minimum atomic E-state index is -1.81. The standard InChI is InChI=1S/C12H17N3O9/c1-5-13-4-6(15(21)22)14(5)2-3-23-12-9(18)7(16)8(17)10(24-12)11(19)20/h4,7-10,12,16-18H,2-3H2,1H3,(H,19,20)/t7-,8+,9-,10-,12-/m0/s1. The molecular weight excluding hydrogens is 330 g/mol. The molecular formula is C12H17N3O9. The molecule has 2 heterocycles. The van der Waals surface area contributed by atoms with E-state index in [1.807, 2.05) is 0 Å². The van der Waals surface area contributed by atoms with E-state index in [-0.39, 0.29) is 19.0 Å². The molecule has 1 aliphatic heterocycles.